The molecule has 0 aromatic carbocycles. The molecule has 0 aromatic rings. The molecule has 2 atom stereocenters. The van der Waals surface area contributed by atoms with E-state index in [0.29, 0.717) is 23.9 Å². The normalized spacial score (nSPS) is 13.0. The third kappa shape index (κ3) is 62.8. The predicted octanol–water partition coefficient (Wildman–Crippen LogP) is 19.6. The molecule has 0 amide bonds. The number of hydrogen-bond donors (Lipinski definition) is 0. The molecular weight excluding hydrogens is 995 g/mol. The van der Waals surface area contributed by atoms with Crippen LogP contribution in [-0.2, 0) is 33.3 Å². The van der Waals surface area contributed by atoms with E-state index in [9.17, 15) is 19.5 Å². The van der Waals surface area contributed by atoms with E-state index in [1.54, 1.807) is 0 Å². The highest BCUT2D eigenvalue weighted by atomic mass is 16.7. The summed E-state index contributed by atoms with van der Waals surface area (Å²) in [6.45, 7) is 4.68. The van der Waals surface area contributed by atoms with Gasteiger partial charge in [-0.25, -0.2) is 0 Å². The van der Waals surface area contributed by atoms with E-state index >= 15 is 0 Å². The van der Waals surface area contributed by atoms with Crippen LogP contribution < -0.4 is 5.11 Å². The molecule has 0 heterocycles. The number of hydrogen-bond acceptors (Lipinski definition) is 8. The first kappa shape index (κ1) is 77.2. The third-order valence-electron chi connectivity index (χ3n) is 15.3. The highest BCUT2D eigenvalue weighted by molar-refractivity contribution is 5.70. The maximum atomic E-state index is 12.9. The Kier molecular flexibility index (Phi) is 60.2. The average Bonchev–Trinajstić information content (AvgIpc) is 3.43. The molecular formula is C71H131NO8. The van der Waals surface area contributed by atoms with Gasteiger partial charge in [0.25, 0.3) is 0 Å². The molecule has 0 N–H and O–H groups in total. The summed E-state index contributed by atoms with van der Waals surface area (Å²) in [4.78, 5) is 37.4. The topological polar surface area (TPSA) is 111 Å². The smallest absolute Gasteiger partial charge is 0.306 e. The highest BCUT2D eigenvalue weighted by Gasteiger charge is 2.22. The lowest BCUT2D eigenvalue weighted by atomic mass is 10.0. The summed E-state index contributed by atoms with van der Waals surface area (Å²) >= 11 is 0. The molecule has 0 fully saturated rings. The van der Waals surface area contributed by atoms with Gasteiger partial charge in [0.2, 0.25) is 0 Å². The third-order valence-corrected chi connectivity index (χ3v) is 15.3. The number of carbonyl (C=O) groups excluding carboxylic acids is 3. The molecule has 468 valence electrons. The van der Waals surface area contributed by atoms with Gasteiger partial charge < -0.3 is 33.3 Å². The van der Waals surface area contributed by atoms with Crippen molar-refractivity contribution in [2.24, 2.45) is 0 Å². The lowest BCUT2D eigenvalue weighted by molar-refractivity contribution is -0.870. The Morgan fingerprint density at radius 3 is 1.06 bits per heavy atom. The van der Waals surface area contributed by atoms with Crippen molar-refractivity contribution in [1.82, 2.24) is 0 Å². The average molecular weight is 1130 g/mol. The van der Waals surface area contributed by atoms with Crippen molar-refractivity contribution < 1.29 is 42.9 Å². The lowest BCUT2D eigenvalue weighted by Gasteiger charge is -2.26. The van der Waals surface area contributed by atoms with Gasteiger partial charge in [-0.1, -0.05) is 313 Å². The minimum atomic E-state index is -1.62. The summed E-state index contributed by atoms with van der Waals surface area (Å²) in [6, 6.07) is 0. The van der Waals surface area contributed by atoms with Crippen molar-refractivity contribution in [2.45, 2.75) is 341 Å². The van der Waals surface area contributed by atoms with Gasteiger partial charge in [0, 0.05) is 12.8 Å². The van der Waals surface area contributed by atoms with E-state index in [1.165, 1.54) is 225 Å². The van der Waals surface area contributed by atoms with E-state index < -0.39 is 24.3 Å². The van der Waals surface area contributed by atoms with Gasteiger partial charge in [-0.2, -0.15) is 0 Å². The van der Waals surface area contributed by atoms with Crippen molar-refractivity contribution in [3.05, 3.63) is 48.6 Å². The minimum Gasteiger partial charge on any atom is -0.545 e. The van der Waals surface area contributed by atoms with Crippen LogP contribution in [0.4, 0.5) is 0 Å². The number of carboxylic acids is 1. The molecule has 0 saturated carbocycles. The zero-order valence-corrected chi connectivity index (χ0v) is 53.5. The van der Waals surface area contributed by atoms with Gasteiger partial charge in [-0.3, -0.25) is 9.59 Å². The Hall–Kier alpha value is -2.75. The van der Waals surface area contributed by atoms with Crippen LogP contribution in [0.5, 0.6) is 0 Å². The first-order valence-corrected chi connectivity index (χ1v) is 34.3. The van der Waals surface area contributed by atoms with Gasteiger partial charge in [0.05, 0.1) is 40.3 Å². The Morgan fingerprint density at radius 1 is 0.388 bits per heavy atom. The molecule has 0 aliphatic heterocycles. The second kappa shape index (κ2) is 62.3. The van der Waals surface area contributed by atoms with E-state index in [0.717, 1.165) is 70.6 Å². The van der Waals surface area contributed by atoms with E-state index in [4.69, 9.17) is 18.9 Å². The van der Waals surface area contributed by atoms with Gasteiger partial charge in [0.1, 0.15) is 13.2 Å². The lowest BCUT2D eigenvalue weighted by Crippen LogP contribution is -2.44. The van der Waals surface area contributed by atoms with E-state index in [2.05, 4.69) is 62.5 Å². The number of unbranched alkanes of at least 4 members (excludes halogenated alkanes) is 41. The highest BCUT2D eigenvalue weighted by Crippen LogP contribution is 2.19. The maximum Gasteiger partial charge on any atom is 0.306 e. The molecule has 0 aromatic heterocycles. The fraction of sp³-hybridized carbons (Fsp3) is 0.845. The number of carboxylic acid groups (broad SMARTS) is 1. The number of rotatable bonds is 64. The van der Waals surface area contributed by atoms with Crippen LogP contribution in [0.3, 0.4) is 0 Å². The predicted molar refractivity (Wildman–Crippen MR) is 339 cm³/mol. The van der Waals surface area contributed by atoms with Gasteiger partial charge in [-0.15, -0.1) is 0 Å². The second-order valence-corrected chi connectivity index (χ2v) is 24.4. The molecule has 9 nitrogen and oxygen atoms in total. The van der Waals surface area contributed by atoms with E-state index in [-0.39, 0.29) is 32.2 Å². The van der Waals surface area contributed by atoms with Crippen molar-refractivity contribution in [1.29, 1.82) is 0 Å². The Bertz CT molecular complexity index is 1450. The molecule has 0 aliphatic rings. The van der Waals surface area contributed by atoms with Crippen LogP contribution >= 0.6 is 0 Å². The molecule has 9 heteroatoms. The van der Waals surface area contributed by atoms with Crippen LogP contribution in [-0.4, -0.2) is 82.3 Å². The number of allylic oxidation sites excluding steroid dienone is 8. The molecule has 2 unspecified atom stereocenters. The van der Waals surface area contributed by atoms with Crippen LogP contribution in [0.2, 0.25) is 0 Å². The van der Waals surface area contributed by atoms with E-state index in [1.807, 2.05) is 21.1 Å². The van der Waals surface area contributed by atoms with Crippen LogP contribution in [0.25, 0.3) is 0 Å². The standard InChI is InChI=1S/C71H131NO8/c1-6-8-10-12-14-16-18-20-22-24-26-28-30-31-32-33-34-35-36-37-38-40-41-43-45-47-49-51-53-55-57-59-61-68(73)78-65-67(66-79-71(70(75)76)77-64-63-72(3,4)5)80-69(74)62-60-58-56-54-52-50-48-46-44-42-39-29-27-25-23-21-19-17-15-13-11-9-7-2/h9,11,15,17,21,23,27,29,67,71H,6-8,10,12-14,16,18-20,22,24-26,28,30-66H2,1-5H3/b11-9-,17-15-,23-21-,29-27-. The monoisotopic (exact) mass is 1130 g/mol. The Balaban J connectivity index is 4.06. The summed E-state index contributed by atoms with van der Waals surface area (Å²) < 4.78 is 22.8. The summed E-state index contributed by atoms with van der Waals surface area (Å²) in [5.74, 6) is -2.27. The fourth-order valence-electron chi connectivity index (χ4n) is 10.1. The molecule has 0 rings (SSSR count). The van der Waals surface area contributed by atoms with Crippen LogP contribution in [0, 0.1) is 0 Å². The van der Waals surface area contributed by atoms with Gasteiger partial charge in [-0.05, 0) is 51.4 Å². The number of likely N-dealkylation sites (N-methyl/N-ethyl adjacent to an activating group) is 1. The zero-order chi connectivity index (χ0) is 58.3. The minimum absolute atomic E-state index is 0.147. The summed E-state index contributed by atoms with van der Waals surface area (Å²) in [5, 5.41) is 11.8. The first-order chi connectivity index (χ1) is 39.1. The molecule has 0 aliphatic carbocycles. The van der Waals surface area contributed by atoms with Crippen molar-refractivity contribution in [3.63, 3.8) is 0 Å². The van der Waals surface area contributed by atoms with Crippen LogP contribution in [0.15, 0.2) is 48.6 Å². The maximum absolute atomic E-state index is 12.9. The summed E-state index contributed by atoms with van der Waals surface area (Å²) in [6.07, 6.45) is 76.3. The summed E-state index contributed by atoms with van der Waals surface area (Å²) in [7, 11) is 5.93. The Labute approximate surface area is 495 Å². The fourth-order valence-corrected chi connectivity index (χ4v) is 10.1. The number of carbonyl (C=O) groups is 3. The molecule has 0 saturated heterocycles. The van der Waals surface area contributed by atoms with Crippen molar-refractivity contribution in [2.75, 3.05) is 47.5 Å². The first-order valence-electron chi connectivity index (χ1n) is 34.3. The second-order valence-electron chi connectivity index (χ2n) is 24.4. The van der Waals surface area contributed by atoms with Crippen molar-refractivity contribution >= 4 is 17.9 Å². The number of ether oxygens (including phenoxy) is 4. The number of nitrogens with zero attached hydrogens (tertiary/aromatic N) is 1. The Morgan fingerprint density at radius 2 is 0.713 bits per heavy atom. The van der Waals surface area contributed by atoms with Crippen LogP contribution in [0.1, 0.15) is 328 Å². The number of aliphatic carboxylic acids is 1. The van der Waals surface area contributed by atoms with Crippen molar-refractivity contribution in [3.8, 4) is 0 Å². The number of quaternary nitrogens is 1. The molecule has 80 heavy (non-hydrogen) atoms. The largest absolute Gasteiger partial charge is 0.545 e. The molecule has 0 radical (unpaired) electrons. The number of esters is 2. The van der Waals surface area contributed by atoms with Gasteiger partial charge >= 0.3 is 11.9 Å². The molecule has 0 bridgehead atoms. The zero-order valence-electron chi connectivity index (χ0n) is 53.5. The summed E-state index contributed by atoms with van der Waals surface area (Å²) in [5.41, 5.74) is 0. The SMILES string of the molecule is CC/C=C\C/C=C\C/C=C\C/C=C\CCCCCCCCCCCCC(=O)OC(COC(=O)CCCCCCCCCCCCCCCCCCCCCCCCCCCCCCCCCC)COC(OCC[N+](C)(C)C)C(=O)[O-]. The molecule has 0 spiro atoms. The van der Waals surface area contributed by atoms with Gasteiger partial charge in [0.15, 0.2) is 12.4 Å². The quantitative estimate of drug-likeness (QED) is 0.0195.